The molecule has 0 radical (unpaired) electrons. The van der Waals surface area contributed by atoms with Crippen LogP contribution in [0.25, 0.3) is 10.9 Å². The maximum absolute atomic E-state index is 11.1. The monoisotopic (exact) mass is 324 g/mol. The third kappa shape index (κ3) is 2.69. The van der Waals surface area contributed by atoms with Crippen molar-refractivity contribution >= 4 is 22.6 Å². The zero-order chi connectivity index (χ0) is 16.5. The molecule has 0 bridgehead atoms. The molecule has 1 aliphatic heterocycles. The van der Waals surface area contributed by atoms with E-state index in [-0.39, 0.29) is 5.56 Å². The molecule has 4 rings (SSSR count). The molecule has 0 amide bonds. The molecule has 1 aromatic carbocycles. The number of carbonyl (C=O) groups is 1. The number of hydrogen-bond donors (Lipinski definition) is 3. The average Bonchev–Trinajstić information content (AvgIpc) is 3.02. The van der Waals surface area contributed by atoms with E-state index in [9.17, 15) is 4.79 Å². The molecule has 7 heteroatoms. The molecule has 3 N–H and O–H groups in total. The number of aromatic nitrogens is 3. The summed E-state index contributed by atoms with van der Waals surface area (Å²) in [6.45, 7) is 1.81. The van der Waals surface area contributed by atoms with Crippen LogP contribution < -0.4 is 5.32 Å². The molecular weight excluding hydrogens is 308 g/mol. The van der Waals surface area contributed by atoms with Crippen LogP contribution in [0.5, 0.6) is 0 Å². The lowest BCUT2D eigenvalue weighted by molar-refractivity contribution is 0.0697. The van der Waals surface area contributed by atoms with Crippen molar-refractivity contribution in [3.63, 3.8) is 0 Å². The van der Waals surface area contributed by atoms with E-state index >= 15 is 0 Å². The van der Waals surface area contributed by atoms with Crippen LogP contribution in [-0.4, -0.2) is 32.9 Å². The van der Waals surface area contributed by atoms with E-state index < -0.39 is 5.97 Å². The molecule has 122 valence electrons. The van der Waals surface area contributed by atoms with Gasteiger partial charge in [-0.05, 0) is 24.3 Å². The lowest BCUT2D eigenvalue weighted by Gasteiger charge is -2.16. The van der Waals surface area contributed by atoms with Gasteiger partial charge in [0.15, 0.2) is 0 Å². The summed E-state index contributed by atoms with van der Waals surface area (Å²) < 4.78 is 5.46. The Labute approximate surface area is 137 Å². The highest BCUT2D eigenvalue weighted by Crippen LogP contribution is 2.21. The van der Waals surface area contributed by atoms with Gasteiger partial charge in [-0.15, -0.1) is 0 Å². The van der Waals surface area contributed by atoms with Gasteiger partial charge in [0.2, 0.25) is 0 Å². The van der Waals surface area contributed by atoms with E-state index in [2.05, 4.69) is 20.5 Å². The second-order valence-corrected chi connectivity index (χ2v) is 5.73. The van der Waals surface area contributed by atoms with Gasteiger partial charge in [-0.1, -0.05) is 0 Å². The Bertz CT molecular complexity index is 919. The van der Waals surface area contributed by atoms with Crippen LogP contribution >= 0.6 is 0 Å². The molecule has 7 nitrogen and oxygen atoms in total. The summed E-state index contributed by atoms with van der Waals surface area (Å²) in [6, 6.07) is 6.94. The fourth-order valence-corrected chi connectivity index (χ4v) is 2.86. The van der Waals surface area contributed by atoms with Gasteiger partial charge in [0, 0.05) is 23.1 Å². The number of nitrogens with one attached hydrogen (secondary N) is 2. The summed E-state index contributed by atoms with van der Waals surface area (Å²) >= 11 is 0. The number of carboxylic acid groups (broad SMARTS) is 1. The average molecular weight is 324 g/mol. The lowest BCUT2D eigenvalue weighted by Crippen LogP contribution is -2.12. The highest BCUT2D eigenvalue weighted by Gasteiger charge is 2.12. The van der Waals surface area contributed by atoms with E-state index in [1.807, 2.05) is 12.3 Å². The van der Waals surface area contributed by atoms with Crippen molar-refractivity contribution in [3.8, 4) is 0 Å². The number of H-pyrrole nitrogens is 1. The Balaban J connectivity index is 1.56. The Morgan fingerprint density at radius 1 is 1.38 bits per heavy atom. The van der Waals surface area contributed by atoms with Gasteiger partial charge in [-0.25, -0.2) is 4.79 Å². The molecule has 1 aliphatic rings. The Morgan fingerprint density at radius 2 is 2.29 bits per heavy atom. The molecule has 0 fully saturated rings. The zero-order valence-corrected chi connectivity index (χ0v) is 12.9. The number of ether oxygens (including phenoxy) is 1. The maximum Gasteiger partial charge on any atom is 0.335 e. The van der Waals surface area contributed by atoms with Gasteiger partial charge >= 0.3 is 5.97 Å². The SMILES string of the molecule is O=C(O)c1ccc2n[nH]c(CNc3cnc4c(c3)COCC4)c2c1. The molecule has 0 saturated carbocycles. The van der Waals surface area contributed by atoms with Crippen LogP contribution in [-0.2, 0) is 24.3 Å². The number of fused-ring (bicyclic) bond motifs is 2. The van der Waals surface area contributed by atoms with E-state index in [0.717, 1.165) is 46.6 Å². The number of aromatic amines is 1. The smallest absolute Gasteiger partial charge is 0.335 e. The van der Waals surface area contributed by atoms with Crippen molar-refractivity contribution in [1.82, 2.24) is 15.2 Å². The molecule has 0 saturated heterocycles. The first-order chi connectivity index (χ1) is 11.7. The second kappa shape index (κ2) is 5.93. The first-order valence-corrected chi connectivity index (χ1v) is 7.70. The Morgan fingerprint density at radius 3 is 3.17 bits per heavy atom. The number of pyridine rings is 1. The molecule has 24 heavy (non-hydrogen) atoms. The van der Waals surface area contributed by atoms with Crippen molar-refractivity contribution in [2.75, 3.05) is 11.9 Å². The fourth-order valence-electron chi connectivity index (χ4n) is 2.86. The standard InChI is InChI=1S/C17H16N4O3/c22-17(23)10-1-2-15-13(6-10)16(21-20-15)8-18-12-5-11-9-24-4-3-14(11)19-7-12/h1-2,5-7,18H,3-4,8-9H2,(H,20,21)(H,22,23). The number of aromatic carboxylic acids is 1. The molecule has 0 atom stereocenters. The van der Waals surface area contributed by atoms with E-state index in [0.29, 0.717) is 13.2 Å². The largest absolute Gasteiger partial charge is 0.478 e. The van der Waals surface area contributed by atoms with Crippen LogP contribution in [0, 0.1) is 0 Å². The normalized spacial score (nSPS) is 13.7. The summed E-state index contributed by atoms with van der Waals surface area (Å²) in [4.78, 5) is 15.6. The topological polar surface area (TPSA) is 100 Å². The summed E-state index contributed by atoms with van der Waals surface area (Å²) in [6.07, 6.45) is 2.66. The van der Waals surface area contributed by atoms with Crippen LogP contribution in [0.15, 0.2) is 30.5 Å². The minimum Gasteiger partial charge on any atom is -0.478 e. The Kier molecular flexibility index (Phi) is 3.62. The van der Waals surface area contributed by atoms with E-state index in [1.165, 1.54) is 0 Å². The zero-order valence-electron chi connectivity index (χ0n) is 12.9. The number of nitrogens with zero attached hydrogens (tertiary/aromatic N) is 2. The lowest BCUT2D eigenvalue weighted by atomic mass is 10.1. The summed E-state index contributed by atoms with van der Waals surface area (Å²) in [5, 5.41) is 20.4. The maximum atomic E-state index is 11.1. The fraction of sp³-hybridized carbons (Fsp3) is 0.235. The molecule has 0 spiro atoms. The molecule has 0 unspecified atom stereocenters. The number of carboxylic acids is 1. The van der Waals surface area contributed by atoms with Gasteiger partial charge in [0.1, 0.15) is 0 Å². The van der Waals surface area contributed by atoms with Crippen molar-refractivity contribution < 1.29 is 14.6 Å². The molecule has 2 aromatic heterocycles. The summed E-state index contributed by atoms with van der Waals surface area (Å²) in [5.74, 6) is -0.948. The number of rotatable bonds is 4. The highest BCUT2D eigenvalue weighted by atomic mass is 16.5. The molecular formula is C17H16N4O3. The first-order valence-electron chi connectivity index (χ1n) is 7.70. The van der Waals surface area contributed by atoms with Gasteiger partial charge in [0.05, 0.1) is 48.4 Å². The van der Waals surface area contributed by atoms with Crippen molar-refractivity contribution in [2.45, 2.75) is 19.6 Å². The molecule has 3 aromatic rings. The predicted octanol–water partition coefficient (Wildman–Crippen LogP) is 2.34. The van der Waals surface area contributed by atoms with Crippen molar-refractivity contribution in [3.05, 3.63) is 53.0 Å². The summed E-state index contributed by atoms with van der Waals surface area (Å²) in [5.41, 5.74) is 4.92. The minimum atomic E-state index is -0.948. The number of hydrogen-bond acceptors (Lipinski definition) is 5. The summed E-state index contributed by atoms with van der Waals surface area (Å²) in [7, 11) is 0. The van der Waals surface area contributed by atoms with E-state index in [1.54, 1.807) is 18.2 Å². The van der Waals surface area contributed by atoms with Crippen molar-refractivity contribution in [2.24, 2.45) is 0 Å². The second-order valence-electron chi connectivity index (χ2n) is 5.73. The van der Waals surface area contributed by atoms with Crippen LogP contribution in [0.1, 0.15) is 27.3 Å². The van der Waals surface area contributed by atoms with Crippen LogP contribution in [0.2, 0.25) is 0 Å². The predicted molar refractivity (Wildman–Crippen MR) is 88.0 cm³/mol. The van der Waals surface area contributed by atoms with Gasteiger partial charge in [-0.3, -0.25) is 10.1 Å². The number of benzene rings is 1. The van der Waals surface area contributed by atoms with Gasteiger partial charge < -0.3 is 15.2 Å². The quantitative estimate of drug-likeness (QED) is 0.681. The molecule has 3 heterocycles. The highest BCUT2D eigenvalue weighted by molar-refractivity contribution is 5.94. The Hall–Kier alpha value is -2.93. The molecule has 0 aliphatic carbocycles. The van der Waals surface area contributed by atoms with Crippen LogP contribution in [0.3, 0.4) is 0 Å². The van der Waals surface area contributed by atoms with Gasteiger partial charge in [-0.2, -0.15) is 5.10 Å². The minimum absolute atomic E-state index is 0.248. The number of anilines is 1. The first kappa shape index (κ1) is 14.6. The third-order valence-corrected chi connectivity index (χ3v) is 4.15. The van der Waals surface area contributed by atoms with E-state index in [4.69, 9.17) is 9.84 Å². The third-order valence-electron chi connectivity index (χ3n) is 4.15. The van der Waals surface area contributed by atoms with Crippen LogP contribution in [0.4, 0.5) is 5.69 Å². The van der Waals surface area contributed by atoms with Crippen molar-refractivity contribution in [1.29, 1.82) is 0 Å². The van der Waals surface area contributed by atoms with Gasteiger partial charge in [0.25, 0.3) is 0 Å².